The number of carbonyl (C=O) groups is 1. The molecule has 0 radical (unpaired) electrons. The number of hydrogen-bond acceptors (Lipinski definition) is 3. The van der Waals surface area contributed by atoms with Gasteiger partial charge in [0.2, 0.25) is 0 Å². The van der Waals surface area contributed by atoms with Gasteiger partial charge < -0.3 is 4.74 Å². The van der Waals surface area contributed by atoms with Gasteiger partial charge in [-0.25, -0.2) is 4.79 Å². The third-order valence-corrected chi connectivity index (χ3v) is 3.39. The van der Waals surface area contributed by atoms with Crippen LogP contribution in [0.5, 0.6) is 0 Å². The lowest BCUT2D eigenvalue weighted by Gasteiger charge is -2.30. The van der Waals surface area contributed by atoms with Crippen molar-refractivity contribution < 1.29 is 9.53 Å². The number of halogens is 1. The Kier molecular flexibility index (Phi) is 3.96. The van der Waals surface area contributed by atoms with Crippen LogP contribution in [0.1, 0.15) is 51.9 Å². The summed E-state index contributed by atoms with van der Waals surface area (Å²) in [5.74, 6) is 0.262. The second-order valence-electron chi connectivity index (χ2n) is 6.49. The molecule has 0 saturated carbocycles. The van der Waals surface area contributed by atoms with E-state index in [-0.39, 0.29) is 18.1 Å². The molecule has 5 heteroatoms. The van der Waals surface area contributed by atoms with Crippen molar-refractivity contribution in [1.29, 1.82) is 0 Å². The highest BCUT2D eigenvalue weighted by Crippen LogP contribution is 2.38. The first-order valence-corrected chi connectivity index (χ1v) is 7.21. The molecule has 0 spiro atoms. The van der Waals surface area contributed by atoms with Gasteiger partial charge in [0.15, 0.2) is 0 Å². The number of rotatable bonds is 1. The van der Waals surface area contributed by atoms with Crippen molar-refractivity contribution in [3.8, 4) is 0 Å². The van der Waals surface area contributed by atoms with Crippen LogP contribution in [0.3, 0.4) is 0 Å². The van der Waals surface area contributed by atoms with Crippen molar-refractivity contribution in [2.75, 3.05) is 0 Å². The van der Waals surface area contributed by atoms with E-state index in [1.54, 1.807) is 11.1 Å². The zero-order valence-corrected chi connectivity index (χ0v) is 13.4. The fraction of sp³-hybridized carbons (Fsp3) is 0.600. The average Bonchev–Trinajstić information content (AvgIpc) is 2.64. The summed E-state index contributed by atoms with van der Waals surface area (Å²) >= 11 is 5.99. The maximum Gasteiger partial charge on any atom is 0.411 e. The van der Waals surface area contributed by atoms with Gasteiger partial charge in [0.25, 0.3) is 0 Å². The summed E-state index contributed by atoms with van der Waals surface area (Å²) in [6.07, 6.45) is 1.33. The summed E-state index contributed by atoms with van der Waals surface area (Å²) in [5, 5.41) is 0.595. The largest absolute Gasteiger partial charge is 0.444 e. The lowest BCUT2D eigenvalue weighted by molar-refractivity contribution is 0.0124. The number of ether oxygens (including phenoxy) is 1. The Balaban J connectivity index is 2.30. The van der Waals surface area contributed by atoms with Crippen LogP contribution in [0, 0.1) is 5.92 Å². The monoisotopic (exact) mass is 296 g/mol. The summed E-state index contributed by atoms with van der Waals surface area (Å²) in [6, 6.07) is 1.82. The maximum absolute atomic E-state index is 12.4. The van der Waals surface area contributed by atoms with Gasteiger partial charge in [-0.2, -0.15) is 0 Å². The third kappa shape index (κ3) is 3.06. The van der Waals surface area contributed by atoms with Crippen molar-refractivity contribution in [1.82, 2.24) is 9.88 Å². The van der Waals surface area contributed by atoms with E-state index in [1.165, 1.54) is 0 Å². The Morgan fingerprint density at radius 3 is 2.70 bits per heavy atom. The molecule has 0 aliphatic carbocycles. The van der Waals surface area contributed by atoms with Crippen LogP contribution in [-0.4, -0.2) is 21.6 Å². The number of aromatic nitrogens is 1. The minimum absolute atomic E-state index is 0.0582. The number of carbonyl (C=O) groups excluding carboxylic acids is 1. The normalized spacial score (nSPS) is 18.4. The molecule has 0 fully saturated rings. The molecule has 110 valence electrons. The quantitative estimate of drug-likeness (QED) is 0.780. The molecule has 0 aromatic carbocycles. The number of hydrogen-bond donors (Lipinski definition) is 0. The van der Waals surface area contributed by atoms with Crippen LogP contribution >= 0.6 is 11.6 Å². The first-order chi connectivity index (χ1) is 9.19. The fourth-order valence-corrected chi connectivity index (χ4v) is 2.67. The molecule has 1 aliphatic rings. The summed E-state index contributed by atoms with van der Waals surface area (Å²) < 4.78 is 5.49. The van der Waals surface area contributed by atoms with Gasteiger partial charge in [-0.05, 0) is 38.3 Å². The summed E-state index contributed by atoms with van der Waals surface area (Å²) in [4.78, 5) is 18.5. The lowest BCUT2D eigenvalue weighted by Crippen LogP contribution is -2.37. The van der Waals surface area contributed by atoms with Gasteiger partial charge in [-0.1, -0.05) is 25.4 Å². The van der Waals surface area contributed by atoms with Crippen molar-refractivity contribution in [3.63, 3.8) is 0 Å². The van der Waals surface area contributed by atoms with E-state index in [4.69, 9.17) is 16.3 Å². The fourth-order valence-electron chi connectivity index (χ4n) is 2.49. The van der Waals surface area contributed by atoms with Gasteiger partial charge in [0.1, 0.15) is 5.60 Å². The van der Waals surface area contributed by atoms with Gasteiger partial charge in [0, 0.05) is 6.20 Å². The SMILES string of the molecule is CC(C)[C@H]1c2ncc(Cl)cc2CN1C(=O)OC(C)(C)C. The molecule has 1 amide bonds. The van der Waals surface area contributed by atoms with E-state index in [0.29, 0.717) is 11.6 Å². The second-order valence-corrected chi connectivity index (χ2v) is 6.93. The number of amides is 1. The maximum atomic E-state index is 12.4. The van der Waals surface area contributed by atoms with E-state index in [0.717, 1.165) is 11.3 Å². The van der Waals surface area contributed by atoms with Crippen LogP contribution in [0.15, 0.2) is 12.3 Å². The van der Waals surface area contributed by atoms with E-state index in [2.05, 4.69) is 18.8 Å². The highest BCUT2D eigenvalue weighted by Gasteiger charge is 2.38. The van der Waals surface area contributed by atoms with Gasteiger partial charge in [-0.15, -0.1) is 0 Å². The lowest BCUT2D eigenvalue weighted by atomic mass is 10.0. The summed E-state index contributed by atoms with van der Waals surface area (Å²) in [5.41, 5.74) is 1.43. The van der Waals surface area contributed by atoms with Crippen LogP contribution in [0.25, 0.3) is 0 Å². The zero-order valence-electron chi connectivity index (χ0n) is 12.6. The van der Waals surface area contributed by atoms with E-state index in [9.17, 15) is 4.79 Å². The number of pyridine rings is 1. The third-order valence-electron chi connectivity index (χ3n) is 3.18. The topological polar surface area (TPSA) is 42.4 Å². The molecule has 1 aromatic heterocycles. The molecule has 2 heterocycles. The molecule has 0 N–H and O–H groups in total. The summed E-state index contributed by atoms with van der Waals surface area (Å²) in [6.45, 7) is 10.3. The van der Waals surface area contributed by atoms with E-state index < -0.39 is 5.60 Å². The molecule has 0 saturated heterocycles. The molecule has 1 atom stereocenters. The Bertz CT molecular complexity index is 523. The molecular formula is C15H21ClN2O2. The Labute approximate surface area is 125 Å². The van der Waals surface area contributed by atoms with Crippen molar-refractivity contribution in [2.24, 2.45) is 5.92 Å². The Morgan fingerprint density at radius 1 is 1.50 bits per heavy atom. The number of nitrogens with zero attached hydrogens (tertiary/aromatic N) is 2. The molecule has 1 aromatic rings. The van der Waals surface area contributed by atoms with Crippen molar-refractivity contribution >= 4 is 17.7 Å². The first-order valence-electron chi connectivity index (χ1n) is 6.83. The van der Waals surface area contributed by atoms with Gasteiger partial charge in [0.05, 0.1) is 23.3 Å². The molecule has 0 unspecified atom stereocenters. The van der Waals surface area contributed by atoms with Crippen LogP contribution in [0.4, 0.5) is 4.79 Å². The minimum Gasteiger partial charge on any atom is -0.444 e. The number of fused-ring (bicyclic) bond motifs is 1. The highest BCUT2D eigenvalue weighted by molar-refractivity contribution is 6.30. The standard InChI is InChI=1S/C15H21ClN2O2/c1-9(2)13-12-10(6-11(16)7-17-12)8-18(13)14(19)20-15(3,4)5/h6-7,9,13H,8H2,1-5H3/t13-/m0/s1. The van der Waals surface area contributed by atoms with E-state index >= 15 is 0 Å². The van der Waals surface area contributed by atoms with Crippen LogP contribution < -0.4 is 0 Å². The van der Waals surface area contributed by atoms with Crippen LogP contribution in [-0.2, 0) is 11.3 Å². The Morgan fingerprint density at radius 2 is 2.15 bits per heavy atom. The van der Waals surface area contributed by atoms with Crippen LogP contribution in [0.2, 0.25) is 5.02 Å². The van der Waals surface area contributed by atoms with Crippen molar-refractivity contribution in [3.05, 3.63) is 28.5 Å². The second kappa shape index (κ2) is 5.24. The first kappa shape index (κ1) is 15.1. The molecule has 4 nitrogen and oxygen atoms in total. The predicted molar refractivity (Wildman–Crippen MR) is 78.6 cm³/mol. The van der Waals surface area contributed by atoms with E-state index in [1.807, 2.05) is 26.8 Å². The molecule has 1 aliphatic heterocycles. The van der Waals surface area contributed by atoms with Gasteiger partial charge >= 0.3 is 6.09 Å². The molecule has 20 heavy (non-hydrogen) atoms. The van der Waals surface area contributed by atoms with Crippen molar-refractivity contribution in [2.45, 2.75) is 52.8 Å². The smallest absolute Gasteiger partial charge is 0.411 e. The Hall–Kier alpha value is -1.29. The molecular weight excluding hydrogens is 276 g/mol. The average molecular weight is 297 g/mol. The zero-order chi connectivity index (χ0) is 15.1. The minimum atomic E-state index is -0.502. The molecule has 2 rings (SSSR count). The highest BCUT2D eigenvalue weighted by atomic mass is 35.5. The predicted octanol–water partition coefficient (Wildman–Crippen LogP) is 4.18. The molecule has 0 bridgehead atoms. The van der Waals surface area contributed by atoms with Gasteiger partial charge in [-0.3, -0.25) is 9.88 Å². The summed E-state index contributed by atoms with van der Waals surface area (Å²) in [7, 11) is 0.